The highest BCUT2D eigenvalue weighted by molar-refractivity contribution is 5.82. The van der Waals surface area contributed by atoms with Gasteiger partial charge in [0.15, 0.2) is 0 Å². The number of para-hydroxylation sites is 1. The summed E-state index contributed by atoms with van der Waals surface area (Å²) in [7, 11) is 1.74. The number of aromatic nitrogens is 1. The molecule has 0 unspecified atom stereocenters. The number of nitrogens with zero attached hydrogens (tertiary/aromatic N) is 2. The number of fused-ring (bicyclic) bond motifs is 1. The zero-order valence-corrected chi connectivity index (χ0v) is 12.2. The third kappa shape index (κ3) is 2.98. The Balaban J connectivity index is 1.79. The van der Waals surface area contributed by atoms with Gasteiger partial charge in [-0.05, 0) is 36.8 Å². The largest absolute Gasteiger partial charge is 0.385 e. The fourth-order valence-corrected chi connectivity index (χ4v) is 2.62. The van der Waals surface area contributed by atoms with Crippen molar-refractivity contribution in [3.05, 3.63) is 35.9 Å². The van der Waals surface area contributed by atoms with Gasteiger partial charge in [0, 0.05) is 25.6 Å². The molecule has 0 saturated heterocycles. The van der Waals surface area contributed by atoms with Crippen LogP contribution in [0.15, 0.2) is 30.3 Å². The molecule has 1 aromatic carbocycles. The predicted octanol–water partition coefficient (Wildman–Crippen LogP) is 3.34. The van der Waals surface area contributed by atoms with Crippen LogP contribution >= 0.6 is 0 Å². The molecule has 3 rings (SSSR count). The monoisotopic (exact) mass is 281 g/mol. The average molecular weight is 281 g/mol. The van der Waals surface area contributed by atoms with Gasteiger partial charge in [0.05, 0.1) is 11.1 Å². The molecule has 2 aromatic rings. The van der Waals surface area contributed by atoms with Crippen LogP contribution in [0.3, 0.4) is 0 Å². The molecule has 0 bridgehead atoms. The number of nitrogens with one attached hydrogen (secondary N) is 1. The summed E-state index contributed by atoms with van der Waals surface area (Å²) in [5.74, 6) is 0.694. The third-order valence-electron chi connectivity index (χ3n) is 4.27. The van der Waals surface area contributed by atoms with Crippen molar-refractivity contribution in [1.29, 1.82) is 5.26 Å². The first-order valence-corrected chi connectivity index (χ1v) is 7.29. The Morgan fingerprint density at radius 2 is 2.19 bits per heavy atom. The topological polar surface area (TPSA) is 57.9 Å². The van der Waals surface area contributed by atoms with Crippen LogP contribution in [0, 0.1) is 16.7 Å². The predicted molar refractivity (Wildman–Crippen MR) is 83.1 cm³/mol. The molecule has 1 fully saturated rings. The van der Waals surface area contributed by atoms with Gasteiger partial charge in [0.25, 0.3) is 0 Å². The van der Waals surface area contributed by atoms with E-state index in [-0.39, 0.29) is 0 Å². The molecule has 1 saturated carbocycles. The fourth-order valence-electron chi connectivity index (χ4n) is 2.62. The summed E-state index contributed by atoms with van der Waals surface area (Å²) in [6.45, 7) is 1.65. The normalized spacial score (nSPS) is 15.6. The molecule has 0 atom stereocenters. The highest BCUT2D eigenvalue weighted by atomic mass is 16.5. The Morgan fingerprint density at radius 1 is 1.38 bits per heavy atom. The zero-order chi connectivity index (χ0) is 14.7. The van der Waals surface area contributed by atoms with E-state index in [9.17, 15) is 5.26 Å². The number of pyridine rings is 1. The molecule has 0 spiro atoms. The van der Waals surface area contributed by atoms with E-state index in [4.69, 9.17) is 4.74 Å². The molecule has 4 heteroatoms. The fraction of sp³-hybridized carbons (Fsp3) is 0.412. The van der Waals surface area contributed by atoms with Gasteiger partial charge in [-0.2, -0.15) is 5.26 Å². The number of nitriles is 1. The third-order valence-corrected chi connectivity index (χ3v) is 4.27. The lowest BCUT2D eigenvalue weighted by atomic mass is 10.0. The molecule has 1 aromatic heterocycles. The van der Waals surface area contributed by atoms with Crippen LogP contribution in [0.4, 0.5) is 5.82 Å². The standard InChI is InChI=1S/C17H19N3O/c1-21-9-8-17(6-7-17)12-19-16-14(11-18)10-13-4-2-3-5-15(13)20-16/h2-5,10H,6-9,12H2,1H3,(H,19,20). The minimum atomic E-state index is 0.329. The lowest BCUT2D eigenvalue weighted by molar-refractivity contribution is 0.175. The van der Waals surface area contributed by atoms with E-state index in [1.165, 1.54) is 12.8 Å². The van der Waals surface area contributed by atoms with Crippen molar-refractivity contribution < 1.29 is 4.74 Å². The molecular weight excluding hydrogens is 262 g/mol. The van der Waals surface area contributed by atoms with E-state index in [0.29, 0.717) is 16.8 Å². The molecule has 1 heterocycles. The van der Waals surface area contributed by atoms with E-state index in [2.05, 4.69) is 16.4 Å². The molecule has 4 nitrogen and oxygen atoms in total. The van der Waals surface area contributed by atoms with E-state index in [0.717, 1.165) is 30.5 Å². The molecule has 0 aliphatic heterocycles. The highest BCUT2D eigenvalue weighted by Crippen LogP contribution is 2.48. The van der Waals surface area contributed by atoms with Crippen LogP contribution in [0.5, 0.6) is 0 Å². The van der Waals surface area contributed by atoms with Crippen LogP contribution in [-0.2, 0) is 4.74 Å². The van der Waals surface area contributed by atoms with Crippen LogP contribution in [0.25, 0.3) is 10.9 Å². The summed E-state index contributed by atoms with van der Waals surface area (Å²) < 4.78 is 5.18. The Labute approximate surface area is 124 Å². The first-order chi connectivity index (χ1) is 10.3. The summed E-state index contributed by atoms with van der Waals surface area (Å²) in [6.07, 6.45) is 3.50. The van der Waals surface area contributed by atoms with Gasteiger partial charge >= 0.3 is 0 Å². The summed E-state index contributed by atoms with van der Waals surface area (Å²) in [6, 6.07) is 12.0. The molecular formula is C17H19N3O. The zero-order valence-electron chi connectivity index (χ0n) is 12.2. The van der Waals surface area contributed by atoms with Gasteiger partial charge in [0.1, 0.15) is 11.9 Å². The summed E-state index contributed by atoms with van der Waals surface area (Å²) in [4.78, 5) is 4.59. The van der Waals surface area contributed by atoms with E-state index in [1.54, 1.807) is 7.11 Å². The van der Waals surface area contributed by atoms with Gasteiger partial charge < -0.3 is 10.1 Å². The Bertz CT molecular complexity index is 686. The van der Waals surface area contributed by atoms with Crippen LogP contribution < -0.4 is 5.32 Å². The Morgan fingerprint density at radius 3 is 2.90 bits per heavy atom. The second-order valence-electron chi connectivity index (χ2n) is 5.79. The number of ether oxygens (including phenoxy) is 1. The maximum absolute atomic E-state index is 9.31. The van der Waals surface area contributed by atoms with Gasteiger partial charge in [-0.15, -0.1) is 0 Å². The lowest BCUT2D eigenvalue weighted by Crippen LogP contribution is -2.18. The van der Waals surface area contributed by atoms with E-state index >= 15 is 0 Å². The van der Waals surface area contributed by atoms with Crippen molar-refractivity contribution in [1.82, 2.24) is 4.98 Å². The number of rotatable bonds is 6. The van der Waals surface area contributed by atoms with E-state index < -0.39 is 0 Å². The highest BCUT2D eigenvalue weighted by Gasteiger charge is 2.41. The van der Waals surface area contributed by atoms with Gasteiger partial charge in [-0.1, -0.05) is 18.2 Å². The maximum Gasteiger partial charge on any atom is 0.144 e. The van der Waals surface area contributed by atoms with Crippen molar-refractivity contribution in [2.24, 2.45) is 5.41 Å². The molecule has 1 N–H and O–H groups in total. The summed E-state index contributed by atoms with van der Waals surface area (Å²) >= 11 is 0. The van der Waals surface area contributed by atoms with Crippen molar-refractivity contribution in [2.45, 2.75) is 19.3 Å². The molecule has 0 amide bonds. The van der Waals surface area contributed by atoms with Gasteiger partial charge in [-0.25, -0.2) is 4.98 Å². The first kappa shape index (κ1) is 13.8. The van der Waals surface area contributed by atoms with Crippen LogP contribution in [0.2, 0.25) is 0 Å². The first-order valence-electron chi connectivity index (χ1n) is 7.29. The minimum absolute atomic E-state index is 0.329. The van der Waals surface area contributed by atoms with Crippen LogP contribution in [-0.4, -0.2) is 25.2 Å². The molecule has 21 heavy (non-hydrogen) atoms. The number of anilines is 1. The number of methoxy groups -OCH3 is 1. The number of hydrogen-bond acceptors (Lipinski definition) is 4. The second-order valence-corrected chi connectivity index (χ2v) is 5.79. The van der Waals surface area contributed by atoms with Gasteiger partial charge in [0.2, 0.25) is 0 Å². The van der Waals surface area contributed by atoms with Crippen molar-refractivity contribution >= 4 is 16.7 Å². The smallest absolute Gasteiger partial charge is 0.144 e. The quantitative estimate of drug-likeness (QED) is 0.882. The van der Waals surface area contributed by atoms with Crippen molar-refractivity contribution in [3.8, 4) is 6.07 Å². The molecule has 108 valence electrons. The summed E-state index contributed by atoms with van der Waals surface area (Å²) in [5.41, 5.74) is 1.85. The molecule has 1 aliphatic carbocycles. The van der Waals surface area contributed by atoms with Gasteiger partial charge in [-0.3, -0.25) is 0 Å². The molecule has 0 radical (unpaired) electrons. The SMILES string of the molecule is COCCC1(CNc2nc3ccccc3cc2C#N)CC1. The molecule has 1 aliphatic rings. The number of benzene rings is 1. The minimum Gasteiger partial charge on any atom is -0.385 e. The average Bonchev–Trinajstić information content (AvgIpc) is 3.30. The maximum atomic E-state index is 9.31. The lowest BCUT2D eigenvalue weighted by Gasteiger charge is -2.16. The van der Waals surface area contributed by atoms with Crippen molar-refractivity contribution in [3.63, 3.8) is 0 Å². The second kappa shape index (κ2) is 5.71. The van der Waals surface area contributed by atoms with Crippen molar-refractivity contribution in [2.75, 3.05) is 25.6 Å². The van der Waals surface area contributed by atoms with Crippen LogP contribution in [0.1, 0.15) is 24.8 Å². The Hall–Kier alpha value is -2.12. The van der Waals surface area contributed by atoms with E-state index in [1.807, 2.05) is 30.3 Å². The summed E-state index contributed by atoms with van der Waals surface area (Å²) in [5, 5.41) is 13.7. The Kier molecular flexibility index (Phi) is 3.76. The number of hydrogen-bond donors (Lipinski definition) is 1.